The van der Waals surface area contributed by atoms with Crippen molar-refractivity contribution in [1.82, 2.24) is 15.1 Å². The summed E-state index contributed by atoms with van der Waals surface area (Å²) in [5.74, 6) is 0.142. The molecular weight excluding hydrogens is 228 g/mol. The van der Waals surface area contributed by atoms with Crippen molar-refractivity contribution < 1.29 is 8.42 Å². The first-order valence-corrected chi connectivity index (χ1v) is 6.82. The molecule has 16 heavy (non-hydrogen) atoms. The minimum absolute atomic E-state index is 0.142. The lowest BCUT2D eigenvalue weighted by Crippen LogP contribution is -2.17. The average Bonchev–Trinajstić information content (AvgIpc) is 2.58. The van der Waals surface area contributed by atoms with Gasteiger partial charge >= 0.3 is 0 Å². The van der Waals surface area contributed by atoms with Crippen molar-refractivity contribution in [2.75, 3.05) is 24.1 Å². The van der Waals surface area contributed by atoms with Crippen molar-refractivity contribution in [3.05, 3.63) is 12.4 Å². The summed E-state index contributed by atoms with van der Waals surface area (Å²) in [5.41, 5.74) is 0.510. The second kappa shape index (κ2) is 5.86. The highest BCUT2D eigenvalue weighted by molar-refractivity contribution is 7.92. The van der Waals surface area contributed by atoms with E-state index < -0.39 is 10.0 Å². The smallest absolute Gasteiger partial charge is 0.232 e. The molecule has 0 fully saturated rings. The van der Waals surface area contributed by atoms with Gasteiger partial charge in [0.25, 0.3) is 0 Å². The summed E-state index contributed by atoms with van der Waals surface area (Å²) >= 11 is 0. The largest absolute Gasteiger partial charge is 0.320 e. The first-order chi connectivity index (χ1) is 7.53. The van der Waals surface area contributed by atoms with Crippen LogP contribution in [0, 0.1) is 0 Å². The molecule has 0 spiro atoms. The Hall–Kier alpha value is -1.08. The van der Waals surface area contributed by atoms with Crippen LogP contribution in [-0.4, -0.2) is 37.5 Å². The zero-order chi connectivity index (χ0) is 12.0. The molecule has 0 atom stereocenters. The Balaban J connectivity index is 2.40. The summed E-state index contributed by atoms with van der Waals surface area (Å²) in [6.45, 7) is 0.836. The van der Waals surface area contributed by atoms with Crippen LogP contribution in [0.15, 0.2) is 12.4 Å². The van der Waals surface area contributed by atoms with Crippen LogP contribution >= 0.6 is 0 Å². The van der Waals surface area contributed by atoms with Gasteiger partial charge in [-0.2, -0.15) is 5.10 Å². The van der Waals surface area contributed by atoms with Crippen LogP contribution < -0.4 is 10.0 Å². The third-order valence-electron chi connectivity index (χ3n) is 2.07. The van der Waals surface area contributed by atoms with E-state index in [0.29, 0.717) is 12.1 Å². The van der Waals surface area contributed by atoms with Gasteiger partial charge in [0.15, 0.2) is 0 Å². The average molecular weight is 246 g/mol. The van der Waals surface area contributed by atoms with E-state index in [4.69, 9.17) is 0 Å². The van der Waals surface area contributed by atoms with Crippen molar-refractivity contribution in [3.8, 4) is 0 Å². The van der Waals surface area contributed by atoms with Gasteiger partial charge in [-0.1, -0.05) is 0 Å². The molecule has 0 bridgehead atoms. The fourth-order valence-corrected chi connectivity index (χ4v) is 2.45. The number of anilines is 1. The molecule has 0 unspecified atom stereocenters. The van der Waals surface area contributed by atoms with Crippen LogP contribution in [0.1, 0.15) is 12.8 Å². The Morgan fingerprint density at radius 1 is 1.44 bits per heavy atom. The van der Waals surface area contributed by atoms with Crippen LogP contribution in [0.2, 0.25) is 0 Å². The Labute approximate surface area is 96.1 Å². The summed E-state index contributed by atoms with van der Waals surface area (Å²) in [6, 6.07) is 0. The molecule has 0 radical (unpaired) electrons. The number of rotatable bonds is 7. The topological polar surface area (TPSA) is 76.0 Å². The molecule has 0 aliphatic rings. The van der Waals surface area contributed by atoms with Gasteiger partial charge in [-0.15, -0.1) is 0 Å². The lowest BCUT2D eigenvalue weighted by molar-refractivity contribution is 0.595. The standard InChI is InChI=1S/C9H18N4O2S/c1-10-5-3-4-6-16(14,15)12-9-7-11-13(2)8-9/h7-8,10,12H,3-6H2,1-2H3. The molecule has 0 aromatic carbocycles. The zero-order valence-corrected chi connectivity index (χ0v) is 10.4. The van der Waals surface area contributed by atoms with Gasteiger partial charge in [-0.05, 0) is 26.4 Å². The number of hydrogen-bond donors (Lipinski definition) is 2. The van der Waals surface area contributed by atoms with Gasteiger partial charge in [0.1, 0.15) is 0 Å². The molecule has 1 aromatic rings. The molecule has 7 heteroatoms. The van der Waals surface area contributed by atoms with Crippen molar-refractivity contribution in [2.24, 2.45) is 7.05 Å². The predicted molar refractivity (Wildman–Crippen MR) is 63.8 cm³/mol. The number of aryl methyl sites for hydroxylation is 1. The minimum Gasteiger partial charge on any atom is -0.320 e. The second-order valence-electron chi connectivity index (χ2n) is 3.63. The lowest BCUT2D eigenvalue weighted by atomic mass is 10.3. The highest BCUT2D eigenvalue weighted by Crippen LogP contribution is 2.07. The van der Waals surface area contributed by atoms with E-state index in [2.05, 4.69) is 15.1 Å². The molecule has 0 aliphatic carbocycles. The van der Waals surface area contributed by atoms with Gasteiger partial charge in [0.2, 0.25) is 10.0 Å². The van der Waals surface area contributed by atoms with E-state index in [1.165, 1.54) is 6.20 Å². The predicted octanol–water partition coefficient (Wildman–Crippen LogP) is 0.161. The van der Waals surface area contributed by atoms with Crippen LogP contribution in [-0.2, 0) is 17.1 Å². The van der Waals surface area contributed by atoms with E-state index in [1.807, 2.05) is 7.05 Å². The maximum Gasteiger partial charge on any atom is 0.232 e. The molecule has 2 N–H and O–H groups in total. The Morgan fingerprint density at radius 3 is 2.75 bits per heavy atom. The molecular formula is C9H18N4O2S. The SMILES string of the molecule is CNCCCCS(=O)(=O)Nc1cnn(C)c1. The second-order valence-corrected chi connectivity index (χ2v) is 5.48. The Morgan fingerprint density at radius 2 is 2.19 bits per heavy atom. The fourth-order valence-electron chi connectivity index (χ4n) is 1.30. The number of nitrogens with one attached hydrogen (secondary N) is 2. The van der Waals surface area contributed by atoms with E-state index >= 15 is 0 Å². The molecule has 0 saturated heterocycles. The van der Waals surface area contributed by atoms with Crippen LogP contribution in [0.3, 0.4) is 0 Å². The van der Waals surface area contributed by atoms with Gasteiger partial charge in [-0.25, -0.2) is 8.42 Å². The van der Waals surface area contributed by atoms with Crippen molar-refractivity contribution in [2.45, 2.75) is 12.8 Å². The summed E-state index contributed by atoms with van der Waals surface area (Å²) < 4.78 is 27.2. The number of aromatic nitrogens is 2. The number of sulfonamides is 1. The van der Waals surface area contributed by atoms with Crippen molar-refractivity contribution in [1.29, 1.82) is 0 Å². The van der Waals surface area contributed by atoms with Crippen LogP contribution in [0.25, 0.3) is 0 Å². The van der Waals surface area contributed by atoms with Crippen molar-refractivity contribution >= 4 is 15.7 Å². The zero-order valence-electron chi connectivity index (χ0n) is 9.60. The molecule has 6 nitrogen and oxygen atoms in total. The van der Waals surface area contributed by atoms with E-state index in [0.717, 1.165) is 13.0 Å². The molecule has 0 saturated carbocycles. The van der Waals surface area contributed by atoms with Crippen LogP contribution in [0.5, 0.6) is 0 Å². The lowest BCUT2D eigenvalue weighted by Gasteiger charge is -2.05. The molecule has 0 amide bonds. The summed E-state index contributed by atoms with van der Waals surface area (Å²) in [7, 11) is 0.358. The van der Waals surface area contributed by atoms with E-state index in [1.54, 1.807) is 17.9 Å². The van der Waals surface area contributed by atoms with Gasteiger partial charge in [0, 0.05) is 13.2 Å². The molecule has 92 valence electrons. The van der Waals surface area contributed by atoms with Crippen molar-refractivity contribution in [3.63, 3.8) is 0 Å². The van der Waals surface area contributed by atoms with E-state index in [9.17, 15) is 8.42 Å². The van der Waals surface area contributed by atoms with Gasteiger partial charge < -0.3 is 5.32 Å². The Kier molecular flexibility index (Phi) is 4.75. The number of nitrogens with zero attached hydrogens (tertiary/aromatic N) is 2. The monoisotopic (exact) mass is 246 g/mol. The van der Waals surface area contributed by atoms with E-state index in [-0.39, 0.29) is 5.75 Å². The summed E-state index contributed by atoms with van der Waals surface area (Å²) in [5, 5.41) is 6.87. The summed E-state index contributed by atoms with van der Waals surface area (Å²) in [6.07, 6.45) is 4.62. The maximum atomic E-state index is 11.6. The summed E-state index contributed by atoms with van der Waals surface area (Å²) in [4.78, 5) is 0. The quantitative estimate of drug-likeness (QED) is 0.672. The number of hydrogen-bond acceptors (Lipinski definition) is 4. The number of unbranched alkanes of at least 4 members (excludes halogenated alkanes) is 1. The highest BCUT2D eigenvalue weighted by Gasteiger charge is 2.10. The molecule has 1 rings (SSSR count). The third-order valence-corrected chi connectivity index (χ3v) is 3.44. The molecule has 1 aromatic heterocycles. The van der Waals surface area contributed by atoms with Gasteiger partial charge in [0.05, 0.1) is 17.6 Å². The molecule has 0 aliphatic heterocycles. The normalized spacial score (nSPS) is 11.6. The first-order valence-electron chi connectivity index (χ1n) is 5.17. The fraction of sp³-hybridized carbons (Fsp3) is 0.667. The maximum absolute atomic E-state index is 11.6. The minimum atomic E-state index is -3.23. The van der Waals surface area contributed by atoms with Gasteiger partial charge in [-0.3, -0.25) is 9.40 Å². The first kappa shape index (κ1) is 13.0. The molecule has 1 heterocycles. The highest BCUT2D eigenvalue weighted by atomic mass is 32.2. The third kappa shape index (κ3) is 4.63. The van der Waals surface area contributed by atoms with Crippen LogP contribution in [0.4, 0.5) is 5.69 Å². The Bertz CT molecular complexity index is 413.